The van der Waals surface area contributed by atoms with Crippen LogP contribution in [0, 0.1) is 11.3 Å². The highest BCUT2D eigenvalue weighted by Crippen LogP contribution is 2.31. The van der Waals surface area contributed by atoms with E-state index in [4.69, 9.17) is 4.99 Å². The highest BCUT2D eigenvalue weighted by molar-refractivity contribution is 8.13. The molecule has 1 saturated carbocycles. The first-order chi connectivity index (χ1) is 8.47. The molecular formula is C15H28N2S. The molecule has 2 rings (SSSR count). The number of nitrogens with one attached hydrogen (secondary N) is 1. The lowest BCUT2D eigenvalue weighted by Crippen LogP contribution is -2.39. The summed E-state index contributed by atoms with van der Waals surface area (Å²) in [5, 5.41) is 4.87. The molecule has 2 aliphatic rings. The maximum absolute atomic E-state index is 4.93. The van der Waals surface area contributed by atoms with Gasteiger partial charge in [-0.25, -0.2) is 0 Å². The molecule has 0 amide bonds. The molecule has 0 aromatic carbocycles. The highest BCUT2D eigenvalue weighted by atomic mass is 32.2. The fourth-order valence-corrected chi connectivity index (χ4v) is 3.99. The summed E-state index contributed by atoms with van der Waals surface area (Å²) in [7, 11) is 0. The Labute approximate surface area is 116 Å². The third-order valence-corrected chi connectivity index (χ3v) is 5.30. The van der Waals surface area contributed by atoms with Crippen LogP contribution in [0.25, 0.3) is 0 Å². The van der Waals surface area contributed by atoms with E-state index in [9.17, 15) is 0 Å². The summed E-state index contributed by atoms with van der Waals surface area (Å²) in [6.07, 6.45) is 6.85. The van der Waals surface area contributed by atoms with Crippen molar-refractivity contribution in [2.75, 3.05) is 5.75 Å². The molecule has 2 atom stereocenters. The van der Waals surface area contributed by atoms with Gasteiger partial charge in [-0.05, 0) is 37.5 Å². The van der Waals surface area contributed by atoms with Gasteiger partial charge in [0.2, 0.25) is 0 Å². The minimum absolute atomic E-state index is 0.296. The average molecular weight is 268 g/mol. The molecule has 0 saturated heterocycles. The molecular weight excluding hydrogens is 240 g/mol. The zero-order valence-electron chi connectivity index (χ0n) is 12.3. The smallest absolute Gasteiger partial charge is 0.157 e. The summed E-state index contributed by atoms with van der Waals surface area (Å²) in [6, 6.07) is 1.08. The van der Waals surface area contributed by atoms with Crippen molar-refractivity contribution in [2.24, 2.45) is 16.3 Å². The van der Waals surface area contributed by atoms with Crippen LogP contribution in [0.15, 0.2) is 4.99 Å². The molecule has 1 N–H and O–H groups in total. The Kier molecular flexibility index (Phi) is 4.63. The van der Waals surface area contributed by atoms with Gasteiger partial charge >= 0.3 is 0 Å². The zero-order valence-corrected chi connectivity index (χ0v) is 13.1. The fraction of sp³-hybridized carbons (Fsp3) is 0.933. The second-order valence-corrected chi connectivity index (χ2v) is 8.01. The number of thioether (sulfide) groups is 1. The number of amidine groups is 1. The number of hydrogen-bond acceptors (Lipinski definition) is 3. The van der Waals surface area contributed by atoms with E-state index < -0.39 is 0 Å². The highest BCUT2D eigenvalue weighted by Gasteiger charge is 2.29. The molecule has 0 bridgehead atoms. The van der Waals surface area contributed by atoms with Gasteiger partial charge in [-0.1, -0.05) is 45.4 Å². The third kappa shape index (κ3) is 3.66. The molecule has 0 aromatic rings. The summed E-state index contributed by atoms with van der Waals surface area (Å²) < 4.78 is 0. The summed E-state index contributed by atoms with van der Waals surface area (Å²) in [5.74, 6) is 2.08. The minimum atomic E-state index is 0.296. The van der Waals surface area contributed by atoms with Crippen LogP contribution >= 0.6 is 11.8 Å². The van der Waals surface area contributed by atoms with E-state index in [0.717, 1.165) is 5.92 Å². The molecule has 0 radical (unpaired) electrons. The van der Waals surface area contributed by atoms with Crippen LogP contribution in [-0.2, 0) is 0 Å². The van der Waals surface area contributed by atoms with Gasteiger partial charge in [0.1, 0.15) is 0 Å². The standard InChI is InChI=1S/C15H28N2S/c1-11(12-7-5-6-8-12)16-14-17-13(9-10-18-14)15(2,3)4/h11-13H,5-10H2,1-4H3,(H,16,17). The fourth-order valence-electron chi connectivity index (χ4n) is 2.99. The Bertz CT molecular complexity index is 300. The molecule has 18 heavy (non-hydrogen) atoms. The van der Waals surface area contributed by atoms with Crippen LogP contribution < -0.4 is 5.32 Å². The van der Waals surface area contributed by atoms with Crippen LogP contribution in [-0.4, -0.2) is 23.0 Å². The minimum Gasteiger partial charge on any atom is -0.362 e. The lowest BCUT2D eigenvalue weighted by Gasteiger charge is -2.32. The quantitative estimate of drug-likeness (QED) is 0.816. The van der Waals surface area contributed by atoms with Crippen molar-refractivity contribution in [3.8, 4) is 0 Å². The summed E-state index contributed by atoms with van der Waals surface area (Å²) >= 11 is 1.91. The summed E-state index contributed by atoms with van der Waals surface area (Å²) in [6.45, 7) is 9.24. The molecule has 1 aliphatic heterocycles. The van der Waals surface area contributed by atoms with E-state index in [0.29, 0.717) is 17.5 Å². The van der Waals surface area contributed by atoms with Gasteiger partial charge < -0.3 is 5.32 Å². The lowest BCUT2D eigenvalue weighted by atomic mass is 9.85. The van der Waals surface area contributed by atoms with Crippen LogP contribution in [0.1, 0.15) is 59.8 Å². The number of hydrogen-bond donors (Lipinski definition) is 1. The Balaban J connectivity index is 1.93. The van der Waals surface area contributed by atoms with E-state index in [-0.39, 0.29) is 0 Å². The summed E-state index contributed by atoms with van der Waals surface area (Å²) in [5.41, 5.74) is 0.296. The predicted molar refractivity (Wildman–Crippen MR) is 82.3 cm³/mol. The first kappa shape index (κ1) is 14.2. The molecule has 2 nitrogen and oxygen atoms in total. The number of aliphatic imine (C=N–C) groups is 1. The molecule has 3 heteroatoms. The Morgan fingerprint density at radius 2 is 1.89 bits per heavy atom. The first-order valence-corrected chi connectivity index (χ1v) is 8.42. The maximum Gasteiger partial charge on any atom is 0.157 e. The van der Waals surface area contributed by atoms with E-state index in [1.807, 2.05) is 11.8 Å². The van der Waals surface area contributed by atoms with Gasteiger partial charge in [0.15, 0.2) is 5.17 Å². The van der Waals surface area contributed by atoms with Crippen LogP contribution in [0.2, 0.25) is 0 Å². The van der Waals surface area contributed by atoms with Gasteiger partial charge in [-0.15, -0.1) is 0 Å². The number of rotatable bonds is 2. The first-order valence-electron chi connectivity index (χ1n) is 7.44. The van der Waals surface area contributed by atoms with Crippen molar-refractivity contribution in [2.45, 2.75) is 71.9 Å². The predicted octanol–water partition coefficient (Wildman–Crippen LogP) is 4.06. The molecule has 104 valence electrons. The van der Waals surface area contributed by atoms with E-state index in [1.165, 1.54) is 43.0 Å². The Morgan fingerprint density at radius 1 is 1.22 bits per heavy atom. The van der Waals surface area contributed by atoms with Crippen molar-refractivity contribution in [1.29, 1.82) is 0 Å². The Hall–Kier alpha value is -0.180. The molecule has 0 spiro atoms. The molecule has 0 aromatic heterocycles. The second kappa shape index (κ2) is 5.85. The van der Waals surface area contributed by atoms with Gasteiger partial charge in [0.25, 0.3) is 0 Å². The topological polar surface area (TPSA) is 24.4 Å². The zero-order chi connectivity index (χ0) is 13.2. The van der Waals surface area contributed by atoms with Crippen molar-refractivity contribution >= 4 is 16.9 Å². The van der Waals surface area contributed by atoms with Gasteiger partial charge in [0, 0.05) is 11.8 Å². The average Bonchev–Trinajstić information content (AvgIpc) is 2.81. The monoisotopic (exact) mass is 268 g/mol. The van der Waals surface area contributed by atoms with Gasteiger partial charge in [-0.2, -0.15) is 0 Å². The maximum atomic E-state index is 4.93. The van der Waals surface area contributed by atoms with Crippen LogP contribution in [0.5, 0.6) is 0 Å². The normalized spacial score (nSPS) is 28.0. The lowest BCUT2D eigenvalue weighted by molar-refractivity contribution is 0.314. The Morgan fingerprint density at radius 3 is 2.50 bits per heavy atom. The van der Waals surface area contributed by atoms with Crippen molar-refractivity contribution in [3.63, 3.8) is 0 Å². The van der Waals surface area contributed by atoms with E-state index in [2.05, 4.69) is 33.0 Å². The molecule has 1 heterocycles. The third-order valence-electron chi connectivity index (χ3n) is 4.36. The molecule has 2 unspecified atom stereocenters. The summed E-state index contributed by atoms with van der Waals surface area (Å²) in [4.78, 5) is 4.93. The molecule has 1 aliphatic carbocycles. The van der Waals surface area contributed by atoms with E-state index >= 15 is 0 Å². The second-order valence-electron chi connectivity index (χ2n) is 6.93. The SMILES string of the molecule is CC(NC1=NC(C(C)(C)C)CCS1)C1CCCC1. The van der Waals surface area contributed by atoms with Gasteiger partial charge in [-0.3, -0.25) is 4.99 Å². The van der Waals surface area contributed by atoms with Gasteiger partial charge in [0.05, 0.1) is 6.04 Å². The van der Waals surface area contributed by atoms with Crippen LogP contribution in [0.3, 0.4) is 0 Å². The van der Waals surface area contributed by atoms with Crippen LogP contribution in [0.4, 0.5) is 0 Å². The van der Waals surface area contributed by atoms with E-state index in [1.54, 1.807) is 0 Å². The largest absolute Gasteiger partial charge is 0.362 e. The van der Waals surface area contributed by atoms with Crippen molar-refractivity contribution < 1.29 is 0 Å². The van der Waals surface area contributed by atoms with Crippen molar-refractivity contribution in [1.82, 2.24) is 5.32 Å². The number of nitrogens with zero attached hydrogens (tertiary/aromatic N) is 1. The van der Waals surface area contributed by atoms with Crippen molar-refractivity contribution in [3.05, 3.63) is 0 Å². The molecule has 1 fully saturated rings.